The van der Waals surface area contributed by atoms with Crippen LogP contribution in [0.15, 0.2) is 48.5 Å². The van der Waals surface area contributed by atoms with Crippen molar-refractivity contribution in [2.24, 2.45) is 0 Å². The number of aromatic nitrogens is 1. The third-order valence-corrected chi connectivity index (χ3v) is 5.10. The minimum Gasteiger partial charge on any atom is -0.478 e. The second-order valence-electron chi connectivity index (χ2n) is 6.69. The average Bonchev–Trinajstić information content (AvgIpc) is 2.99. The molecule has 1 fully saturated rings. The summed E-state index contributed by atoms with van der Waals surface area (Å²) >= 11 is 0. The summed E-state index contributed by atoms with van der Waals surface area (Å²) in [5, 5.41) is 10.4. The van der Waals surface area contributed by atoms with E-state index in [4.69, 9.17) is 4.74 Å². The van der Waals surface area contributed by atoms with Crippen molar-refractivity contribution in [3.63, 3.8) is 0 Å². The monoisotopic (exact) mass is 350 g/mol. The maximum atomic E-state index is 11.2. The SMILES string of the molecule is Cc1[nH]c2ccccc2c1C(c1ccc(C(=O)O)cc1)N1CCOCC1. The number of aromatic amines is 1. The smallest absolute Gasteiger partial charge is 0.335 e. The van der Waals surface area contributed by atoms with E-state index in [2.05, 4.69) is 35.0 Å². The highest BCUT2D eigenvalue weighted by Gasteiger charge is 2.28. The van der Waals surface area contributed by atoms with Crippen LogP contribution < -0.4 is 0 Å². The van der Waals surface area contributed by atoms with Crippen LogP contribution in [0.25, 0.3) is 10.9 Å². The number of nitrogens with zero attached hydrogens (tertiary/aromatic N) is 1. The van der Waals surface area contributed by atoms with Crippen molar-refractivity contribution >= 4 is 16.9 Å². The summed E-state index contributed by atoms with van der Waals surface area (Å²) < 4.78 is 5.54. The van der Waals surface area contributed by atoms with Gasteiger partial charge >= 0.3 is 5.97 Å². The molecule has 0 saturated carbocycles. The number of H-pyrrole nitrogens is 1. The fraction of sp³-hybridized carbons (Fsp3) is 0.286. The first-order chi connectivity index (χ1) is 12.6. The van der Waals surface area contributed by atoms with Crippen molar-refractivity contribution in [2.75, 3.05) is 26.3 Å². The number of carboxylic acid groups (broad SMARTS) is 1. The van der Waals surface area contributed by atoms with Gasteiger partial charge in [-0.15, -0.1) is 0 Å². The van der Waals surface area contributed by atoms with Crippen molar-refractivity contribution in [2.45, 2.75) is 13.0 Å². The number of fused-ring (bicyclic) bond motifs is 1. The number of ether oxygens (including phenoxy) is 1. The lowest BCUT2D eigenvalue weighted by molar-refractivity contribution is 0.0241. The van der Waals surface area contributed by atoms with Crippen LogP contribution >= 0.6 is 0 Å². The highest BCUT2D eigenvalue weighted by Crippen LogP contribution is 2.36. The Morgan fingerprint density at radius 1 is 1.12 bits per heavy atom. The van der Waals surface area contributed by atoms with Gasteiger partial charge in [0.05, 0.1) is 24.8 Å². The molecule has 1 aromatic heterocycles. The Morgan fingerprint density at radius 3 is 2.50 bits per heavy atom. The van der Waals surface area contributed by atoms with Gasteiger partial charge in [-0.25, -0.2) is 4.79 Å². The number of hydrogen-bond acceptors (Lipinski definition) is 3. The van der Waals surface area contributed by atoms with Crippen molar-refractivity contribution in [3.05, 3.63) is 70.9 Å². The van der Waals surface area contributed by atoms with Crippen LogP contribution in [0.1, 0.15) is 33.2 Å². The van der Waals surface area contributed by atoms with E-state index in [1.807, 2.05) is 18.2 Å². The summed E-state index contributed by atoms with van der Waals surface area (Å²) in [7, 11) is 0. The first-order valence-electron chi connectivity index (χ1n) is 8.87. The van der Waals surface area contributed by atoms with Gasteiger partial charge in [0.25, 0.3) is 0 Å². The summed E-state index contributed by atoms with van der Waals surface area (Å²) in [6, 6.07) is 15.7. The molecule has 0 bridgehead atoms. The van der Waals surface area contributed by atoms with Crippen molar-refractivity contribution in [1.29, 1.82) is 0 Å². The molecule has 0 amide bonds. The van der Waals surface area contributed by atoms with E-state index in [0.29, 0.717) is 18.8 Å². The number of hydrogen-bond donors (Lipinski definition) is 2. The topological polar surface area (TPSA) is 65.6 Å². The van der Waals surface area contributed by atoms with Gasteiger partial charge < -0.3 is 14.8 Å². The molecule has 1 atom stereocenters. The second-order valence-corrected chi connectivity index (χ2v) is 6.69. The predicted molar refractivity (Wildman–Crippen MR) is 101 cm³/mol. The fourth-order valence-electron chi connectivity index (χ4n) is 3.85. The first-order valence-corrected chi connectivity index (χ1v) is 8.87. The predicted octanol–water partition coefficient (Wildman–Crippen LogP) is 3.60. The molecule has 3 aromatic rings. The summed E-state index contributed by atoms with van der Waals surface area (Å²) in [6.07, 6.45) is 0. The number of carbonyl (C=O) groups is 1. The van der Waals surface area contributed by atoms with E-state index in [1.165, 1.54) is 10.9 Å². The molecular formula is C21H22N2O3. The van der Waals surface area contributed by atoms with Gasteiger partial charge in [-0.1, -0.05) is 30.3 Å². The number of carboxylic acids is 1. The summed E-state index contributed by atoms with van der Waals surface area (Å²) in [5.41, 5.74) is 4.94. The van der Waals surface area contributed by atoms with Gasteiger partial charge in [-0.2, -0.15) is 0 Å². The molecular weight excluding hydrogens is 328 g/mol. The molecule has 2 heterocycles. The fourth-order valence-corrected chi connectivity index (χ4v) is 3.85. The molecule has 0 radical (unpaired) electrons. The molecule has 134 valence electrons. The zero-order valence-corrected chi connectivity index (χ0v) is 14.7. The Balaban J connectivity index is 1.85. The van der Waals surface area contributed by atoms with Gasteiger partial charge in [0.15, 0.2) is 0 Å². The number of aryl methyl sites for hydroxylation is 1. The van der Waals surface area contributed by atoms with Gasteiger partial charge in [0.1, 0.15) is 0 Å². The van der Waals surface area contributed by atoms with Gasteiger partial charge in [0.2, 0.25) is 0 Å². The molecule has 1 saturated heterocycles. The number of morpholine rings is 1. The van der Waals surface area contributed by atoms with Crippen LogP contribution in [0, 0.1) is 6.92 Å². The Morgan fingerprint density at radius 2 is 1.81 bits per heavy atom. The summed E-state index contributed by atoms with van der Waals surface area (Å²) in [5.74, 6) is -0.900. The number of rotatable bonds is 4. The van der Waals surface area contributed by atoms with Crippen molar-refractivity contribution < 1.29 is 14.6 Å². The Kier molecular flexibility index (Phi) is 4.49. The third-order valence-electron chi connectivity index (χ3n) is 5.10. The maximum Gasteiger partial charge on any atom is 0.335 e. The van der Waals surface area contributed by atoms with Crippen LogP contribution in [0.5, 0.6) is 0 Å². The highest BCUT2D eigenvalue weighted by molar-refractivity contribution is 5.88. The number of nitrogens with one attached hydrogen (secondary N) is 1. The molecule has 4 rings (SSSR count). The van der Waals surface area contributed by atoms with E-state index < -0.39 is 5.97 Å². The van der Waals surface area contributed by atoms with E-state index in [0.717, 1.165) is 29.9 Å². The molecule has 5 nitrogen and oxygen atoms in total. The van der Waals surface area contributed by atoms with E-state index in [-0.39, 0.29) is 6.04 Å². The molecule has 1 aliphatic rings. The number of para-hydroxylation sites is 1. The van der Waals surface area contributed by atoms with Crippen LogP contribution in [-0.2, 0) is 4.74 Å². The maximum absolute atomic E-state index is 11.2. The quantitative estimate of drug-likeness (QED) is 0.755. The average molecular weight is 350 g/mol. The molecule has 1 unspecified atom stereocenters. The lowest BCUT2D eigenvalue weighted by atomic mass is 9.93. The van der Waals surface area contributed by atoms with E-state index in [9.17, 15) is 9.90 Å². The standard InChI is InChI=1S/C21H22N2O3/c1-14-19(17-4-2-3-5-18(17)22-14)20(23-10-12-26-13-11-23)15-6-8-16(9-7-15)21(24)25/h2-9,20,22H,10-13H2,1H3,(H,24,25). The lowest BCUT2D eigenvalue weighted by Gasteiger charge is -2.35. The molecule has 0 aliphatic carbocycles. The van der Waals surface area contributed by atoms with Crippen molar-refractivity contribution in [1.82, 2.24) is 9.88 Å². The molecule has 26 heavy (non-hydrogen) atoms. The minimum absolute atomic E-state index is 0.0675. The molecule has 0 spiro atoms. The third kappa shape index (κ3) is 3.00. The van der Waals surface area contributed by atoms with Gasteiger partial charge in [-0.05, 0) is 30.7 Å². The Hall–Kier alpha value is -2.63. The number of benzene rings is 2. The molecule has 2 aromatic carbocycles. The molecule has 5 heteroatoms. The second kappa shape index (κ2) is 6.94. The zero-order valence-electron chi connectivity index (χ0n) is 14.7. The largest absolute Gasteiger partial charge is 0.478 e. The van der Waals surface area contributed by atoms with Gasteiger partial charge in [-0.3, -0.25) is 4.90 Å². The Bertz CT molecular complexity index is 924. The number of aromatic carboxylic acids is 1. The van der Waals surface area contributed by atoms with Crippen molar-refractivity contribution in [3.8, 4) is 0 Å². The van der Waals surface area contributed by atoms with Crippen LogP contribution in [-0.4, -0.2) is 47.3 Å². The van der Waals surface area contributed by atoms with Gasteiger partial charge in [0, 0.05) is 35.2 Å². The van der Waals surface area contributed by atoms with Crippen LogP contribution in [0.3, 0.4) is 0 Å². The molecule has 1 aliphatic heterocycles. The highest BCUT2D eigenvalue weighted by atomic mass is 16.5. The first kappa shape index (κ1) is 16.8. The zero-order chi connectivity index (χ0) is 18.1. The van der Waals surface area contributed by atoms with E-state index >= 15 is 0 Å². The van der Waals surface area contributed by atoms with E-state index in [1.54, 1.807) is 12.1 Å². The lowest BCUT2D eigenvalue weighted by Crippen LogP contribution is -2.39. The summed E-state index contributed by atoms with van der Waals surface area (Å²) in [4.78, 5) is 17.1. The minimum atomic E-state index is -0.900. The summed E-state index contributed by atoms with van der Waals surface area (Å²) in [6.45, 7) is 5.24. The van der Waals surface area contributed by atoms with Crippen LogP contribution in [0.4, 0.5) is 0 Å². The Labute approximate surface area is 152 Å². The van der Waals surface area contributed by atoms with Crippen LogP contribution in [0.2, 0.25) is 0 Å². The molecule has 2 N–H and O–H groups in total. The normalized spacial score (nSPS) is 16.7.